The molecule has 1 atom stereocenters. The van der Waals surface area contributed by atoms with E-state index in [0.29, 0.717) is 5.95 Å². The molecular formula is C14H16N4O. The van der Waals surface area contributed by atoms with Gasteiger partial charge in [0.25, 0.3) is 0 Å². The number of anilines is 1. The predicted molar refractivity (Wildman–Crippen MR) is 73.8 cm³/mol. The van der Waals surface area contributed by atoms with Crippen molar-refractivity contribution in [1.29, 1.82) is 0 Å². The van der Waals surface area contributed by atoms with Crippen molar-refractivity contribution in [3.63, 3.8) is 0 Å². The SMILES string of the molecule is Cc1ccc2nc(N)n(C(C)Cc3ccco3)c2n1. The van der Waals surface area contributed by atoms with Crippen LogP contribution in [0.15, 0.2) is 34.9 Å². The fourth-order valence-electron chi connectivity index (χ4n) is 2.33. The van der Waals surface area contributed by atoms with Crippen LogP contribution in [-0.2, 0) is 6.42 Å². The third-order valence-corrected chi connectivity index (χ3v) is 3.22. The number of aromatic nitrogens is 3. The number of imidazole rings is 1. The molecule has 0 aliphatic carbocycles. The molecule has 0 bridgehead atoms. The molecule has 3 aromatic heterocycles. The van der Waals surface area contributed by atoms with Crippen LogP contribution in [0.5, 0.6) is 0 Å². The second kappa shape index (κ2) is 4.42. The molecule has 3 rings (SSSR count). The number of hydrogen-bond acceptors (Lipinski definition) is 4. The van der Waals surface area contributed by atoms with Crippen molar-refractivity contribution in [2.75, 3.05) is 5.73 Å². The molecule has 0 saturated heterocycles. The molecule has 98 valence electrons. The van der Waals surface area contributed by atoms with Crippen LogP contribution < -0.4 is 5.73 Å². The maximum Gasteiger partial charge on any atom is 0.202 e. The van der Waals surface area contributed by atoms with Gasteiger partial charge in [0.05, 0.1) is 6.26 Å². The van der Waals surface area contributed by atoms with E-state index in [4.69, 9.17) is 10.2 Å². The quantitative estimate of drug-likeness (QED) is 0.782. The average Bonchev–Trinajstić information content (AvgIpc) is 2.95. The summed E-state index contributed by atoms with van der Waals surface area (Å²) in [5.74, 6) is 1.42. The molecule has 0 radical (unpaired) electrons. The Morgan fingerprint density at radius 3 is 2.89 bits per heavy atom. The first-order chi connectivity index (χ1) is 9.15. The molecule has 0 saturated carbocycles. The highest BCUT2D eigenvalue weighted by molar-refractivity contribution is 5.74. The summed E-state index contributed by atoms with van der Waals surface area (Å²) in [7, 11) is 0. The van der Waals surface area contributed by atoms with E-state index in [9.17, 15) is 0 Å². The fraction of sp³-hybridized carbons (Fsp3) is 0.286. The summed E-state index contributed by atoms with van der Waals surface area (Å²) in [4.78, 5) is 8.89. The molecule has 0 aromatic carbocycles. The third-order valence-electron chi connectivity index (χ3n) is 3.22. The Morgan fingerprint density at radius 2 is 2.16 bits per heavy atom. The zero-order chi connectivity index (χ0) is 13.4. The lowest BCUT2D eigenvalue weighted by Gasteiger charge is -2.14. The average molecular weight is 256 g/mol. The summed E-state index contributed by atoms with van der Waals surface area (Å²) in [6.07, 6.45) is 2.44. The first kappa shape index (κ1) is 11.8. The number of rotatable bonds is 3. The first-order valence-electron chi connectivity index (χ1n) is 6.28. The summed E-state index contributed by atoms with van der Waals surface area (Å²) < 4.78 is 7.35. The lowest BCUT2D eigenvalue weighted by Crippen LogP contribution is -2.11. The van der Waals surface area contributed by atoms with E-state index in [-0.39, 0.29) is 6.04 Å². The molecule has 0 aliphatic heterocycles. The topological polar surface area (TPSA) is 69.9 Å². The van der Waals surface area contributed by atoms with Crippen LogP contribution in [0, 0.1) is 6.92 Å². The Hall–Kier alpha value is -2.30. The predicted octanol–water partition coefficient (Wildman–Crippen LogP) is 2.72. The Kier molecular flexibility index (Phi) is 2.74. The Balaban J connectivity index is 2.03. The second-order valence-electron chi connectivity index (χ2n) is 4.77. The molecule has 1 unspecified atom stereocenters. The van der Waals surface area contributed by atoms with E-state index in [1.807, 2.05) is 35.8 Å². The first-order valence-corrected chi connectivity index (χ1v) is 6.28. The van der Waals surface area contributed by atoms with Crippen molar-refractivity contribution in [2.24, 2.45) is 0 Å². The molecule has 0 aliphatic rings. The zero-order valence-electron chi connectivity index (χ0n) is 11.0. The molecule has 0 spiro atoms. The highest BCUT2D eigenvalue weighted by atomic mass is 16.3. The number of nitrogens with zero attached hydrogens (tertiary/aromatic N) is 3. The smallest absolute Gasteiger partial charge is 0.202 e. The van der Waals surface area contributed by atoms with Gasteiger partial charge in [0.1, 0.15) is 11.3 Å². The van der Waals surface area contributed by atoms with Gasteiger partial charge >= 0.3 is 0 Å². The van der Waals surface area contributed by atoms with Crippen LogP contribution in [0.25, 0.3) is 11.2 Å². The summed E-state index contributed by atoms with van der Waals surface area (Å²) in [6.45, 7) is 4.05. The maximum atomic E-state index is 6.01. The van der Waals surface area contributed by atoms with Gasteiger partial charge in [-0.1, -0.05) is 0 Å². The minimum atomic E-state index is 0.144. The van der Waals surface area contributed by atoms with Crippen LogP contribution in [0.2, 0.25) is 0 Å². The molecule has 2 N–H and O–H groups in total. The molecule has 19 heavy (non-hydrogen) atoms. The van der Waals surface area contributed by atoms with Gasteiger partial charge in [-0.25, -0.2) is 9.97 Å². The van der Waals surface area contributed by atoms with Gasteiger partial charge < -0.3 is 10.2 Å². The summed E-state index contributed by atoms with van der Waals surface area (Å²) in [6, 6.07) is 7.88. The highest BCUT2D eigenvalue weighted by Crippen LogP contribution is 2.24. The fourth-order valence-corrected chi connectivity index (χ4v) is 2.33. The lowest BCUT2D eigenvalue weighted by atomic mass is 10.2. The van der Waals surface area contributed by atoms with Gasteiger partial charge in [-0.3, -0.25) is 4.57 Å². The van der Waals surface area contributed by atoms with Gasteiger partial charge in [-0.15, -0.1) is 0 Å². The van der Waals surface area contributed by atoms with Gasteiger partial charge in [0, 0.05) is 18.2 Å². The molecule has 5 heteroatoms. The molecule has 0 fully saturated rings. The zero-order valence-corrected chi connectivity index (χ0v) is 11.0. The largest absolute Gasteiger partial charge is 0.469 e. The number of pyridine rings is 1. The van der Waals surface area contributed by atoms with E-state index >= 15 is 0 Å². The van der Waals surface area contributed by atoms with Crippen LogP contribution in [0.1, 0.15) is 24.4 Å². The van der Waals surface area contributed by atoms with Crippen LogP contribution in [-0.4, -0.2) is 14.5 Å². The minimum absolute atomic E-state index is 0.144. The van der Waals surface area contributed by atoms with E-state index in [2.05, 4.69) is 16.9 Å². The lowest BCUT2D eigenvalue weighted by molar-refractivity contribution is 0.455. The maximum absolute atomic E-state index is 6.01. The third kappa shape index (κ3) is 2.07. The summed E-state index contributed by atoms with van der Waals surface area (Å²) >= 11 is 0. The van der Waals surface area contributed by atoms with E-state index < -0.39 is 0 Å². The van der Waals surface area contributed by atoms with Crippen molar-refractivity contribution >= 4 is 17.1 Å². The van der Waals surface area contributed by atoms with Crippen molar-refractivity contribution in [3.05, 3.63) is 42.0 Å². The van der Waals surface area contributed by atoms with Crippen molar-refractivity contribution in [1.82, 2.24) is 14.5 Å². The van der Waals surface area contributed by atoms with Crippen LogP contribution in [0.4, 0.5) is 5.95 Å². The van der Waals surface area contributed by atoms with Crippen molar-refractivity contribution < 1.29 is 4.42 Å². The second-order valence-corrected chi connectivity index (χ2v) is 4.77. The van der Waals surface area contributed by atoms with Crippen LogP contribution in [0.3, 0.4) is 0 Å². The van der Waals surface area contributed by atoms with Crippen LogP contribution >= 0.6 is 0 Å². The molecule has 3 aromatic rings. The molecule has 5 nitrogen and oxygen atoms in total. The Labute approximate surface area is 111 Å². The molecular weight excluding hydrogens is 240 g/mol. The van der Waals surface area contributed by atoms with Gasteiger partial charge in [0.15, 0.2) is 5.65 Å². The van der Waals surface area contributed by atoms with Gasteiger partial charge in [-0.2, -0.15) is 0 Å². The minimum Gasteiger partial charge on any atom is -0.469 e. The van der Waals surface area contributed by atoms with E-state index in [1.54, 1.807) is 6.26 Å². The number of aryl methyl sites for hydroxylation is 1. The van der Waals surface area contributed by atoms with E-state index in [1.165, 1.54) is 0 Å². The number of nitrogen functional groups attached to an aromatic ring is 1. The van der Waals surface area contributed by atoms with Crippen molar-refractivity contribution in [3.8, 4) is 0 Å². The highest BCUT2D eigenvalue weighted by Gasteiger charge is 2.16. The number of furan rings is 1. The summed E-state index contributed by atoms with van der Waals surface area (Å²) in [5.41, 5.74) is 8.63. The number of hydrogen-bond donors (Lipinski definition) is 1. The molecule has 0 amide bonds. The van der Waals surface area contributed by atoms with Gasteiger partial charge in [0.2, 0.25) is 5.95 Å². The van der Waals surface area contributed by atoms with E-state index in [0.717, 1.165) is 29.0 Å². The standard InChI is InChI=1S/C14H16N4O/c1-9-5-6-12-13(16-9)18(14(15)17-12)10(2)8-11-4-3-7-19-11/h3-7,10H,8H2,1-2H3,(H2,15,17). The number of fused-ring (bicyclic) bond motifs is 1. The molecule has 3 heterocycles. The normalized spacial score (nSPS) is 12.9. The Morgan fingerprint density at radius 1 is 1.32 bits per heavy atom. The summed E-state index contributed by atoms with van der Waals surface area (Å²) in [5, 5.41) is 0. The van der Waals surface area contributed by atoms with Gasteiger partial charge in [-0.05, 0) is 38.1 Å². The number of nitrogens with two attached hydrogens (primary N) is 1. The van der Waals surface area contributed by atoms with Crippen molar-refractivity contribution in [2.45, 2.75) is 26.3 Å². The Bertz CT molecular complexity index is 700. The monoisotopic (exact) mass is 256 g/mol.